The number of carbonyl (C=O) groups is 2. The third-order valence-corrected chi connectivity index (χ3v) is 5.91. The number of hydrogen-bond donors (Lipinski definition) is 1. The van der Waals surface area contributed by atoms with E-state index in [1.54, 1.807) is 6.92 Å². The summed E-state index contributed by atoms with van der Waals surface area (Å²) in [6.07, 6.45) is 2.44. The zero-order valence-electron chi connectivity index (χ0n) is 16.8. The highest BCUT2D eigenvalue weighted by atomic mass is 32.1. The van der Waals surface area contributed by atoms with Gasteiger partial charge in [-0.25, -0.2) is 14.6 Å². The Morgan fingerprint density at radius 2 is 2.00 bits per heavy atom. The van der Waals surface area contributed by atoms with Crippen molar-refractivity contribution in [2.75, 3.05) is 6.61 Å². The van der Waals surface area contributed by atoms with Gasteiger partial charge in [0.05, 0.1) is 6.61 Å². The van der Waals surface area contributed by atoms with Crippen molar-refractivity contribution in [3.05, 3.63) is 58.6 Å². The van der Waals surface area contributed by atoms with E-state index in [1.807, 2.05) is 18.2 Å². The number of azo groups is 1. The number of hydrogen-bond acceptors (Lipinski definition) is 10. The first-order chi connectivity index (χ1) is 15.0. The van der Waals surface area contributed by atoms with Crippen LogP contribution in [0.25, 0.3) is 0 Å². The molecule has 10 heteroatoms. The largest absolute Gasteiger partial charge is 0.479 e. The number of aliphatic hydroxyl groups is 1. The van der Waals surface area contributed by atoms with Gasteiger partial charge in [-0.3, -0.25) is 0 Å². The van der Waals surface area contributed by atoms with Crippen LogP contribution in [0.1, 0.15) is 54.6 Å². The lowest BCUT2D eigenvalue weighted by atomic mass is 9.81. The molecule has 162 valence electrons. The summed E-state index contributed by atoms with van der Waals surface area (Å²) in [6.45, 7) is 1.92. The predicted molar refractivity (Wildman–Crippen MR) is 110 cm³/mol. The first-order valence-corrected chi connectivity index (χ1v) is 10.8. The summed E-state index contributed by atoms with van der Waals surface area (Å²) in [5.41, 5.74) is 0.888. The monoisotopic (exact) mass is 443 g/mol. The van der Waals surface area contributed by atoms with Gasteiger partial charge in [0.15, 0.2) is 5.69 Å². The first-order valence-electron chi connectivity index (χ1n) is 9.94. The third-order valence-electron chi connectivity index (χ3n) is 5.19. The smallest absolute Gasteiger partial charge is 0.369 e. The summed E-state index contributed by atoms with van der Waals surface area (Å²) >= 11 is 1.04. The summed E-state index contributed by atoms with van der Waals surface area (Å²) in [6, 6.07) is 10.1. The second-order valence-corrected chi connectivity index (χ2v) is 8.01. The van der Waals surface area contributed by atoms with Gasteiger partial charge in [0, 0.05) is 18.2 Å². The van der Waals surface area contributed by atoms with E-state index in [0.717, 1.165) is 24.2 Å². The van der Waals surface area contributed by atoms with Crippen molar-refractivity contribution in [2.24, 2.45) is 10.2 Å². The maximum absolute atomic E-state index is 12.5. The lowest BCUT2D eigenvalue weighted by molar-refractivity contribution is -0.251. The van der Waals surface area contributed by atoms with Crippen molar-refractivity contribution in [2.45, 2.75) is 44.3 Å². The third kappa shape index (κ3) is 4.58. The van der Waals surface area contributed by atoms with Crippen LogP contribution in [0.5, 0.6) is 0 Å². The van der Waals surface area contributed by atoms with E-state index < -0.39 is 29.4 Å². The SMILES string of the molecule is CCOC(=O)c1csc(N=NC2=C(O)OC3(CCC(c4ccccc4)CC3)OC2=O)n1. The molecular weight excluding hydrogens is 422 g/mol. The second kappa shape index (κ2) is 8.84. The molecule has 0 bridgehead atoms. The number of carbonyl (C=O) groups excluding carboxylic acids is 2. The minimum absolute atomic E-state index is 0.0931. The normalized spacial score (nSPS) is 23.6. The predicted octanol–water partition coefficient (Wildman–Crippen LogP) is 4.76. The van der Waals surface area contributed by atoms with Crippen LogP contribution >= 0.6 is 11.3 Å². The molecule has 2 heterocycles. The lowest BCUT2D eigenvalue weighted by Gasteiger charge is -2.40. The van der Waals surface area contributed by atoms with Gasteiger partial charge in [-0.1, -0.05) is 30.3 Å². The number of esters is 2. The van der Waals surface area contributed by atoms with Crippen molar-refractivity contribution in [1.82, 2.24) is 4.98 Å². The van der Waals surface area contributed by atoms with Crippen LogP contribution in [0.15, 0.2) is 57.6 Å². The Labute approximate surface area is 182 Å². The molecule has 2 aliphatic rings. The molecule has 0 amide bonds. The maximum atomic E-state index is 12.5. The van der Waals surface area contributed by atoms with E-state index in [2.05, 4.69) is 27.3 Å². The summed E-state index contributed by atoms with van der Waals surface area (Å²) < 4.78 is 16.0. The molecule has 9 nitrogen and oxygen atoms in total. The number of thiazole rings is 1. The van der Waals surface area contributed by atoms with Gasteiger partial charge in [-0.15, -0.1) is 21.6 Å². The van der Waals surface area contributed by atoms with Crippen LogP contribution in [0, 0.1) is 0 Å². The number of nitrogens with zero attached hydrogens (tertiary/aromatic N) is 3. The average molecular weight is 443 g/mol. The molecular formula is C21H21N3O6S. The average Bonchev–Trinajstić information content (AvgIpc) is 3.24. The Bertz CT molecular complexity index is 1020. The van der Waals surface area contributed by atoms with Gasteiger partial charge in [-0.2, -0.15) is 0 Å². The van der Waals surface area contributed by atoms with Gasteiger partial charge in [0.1, 0.15) is 0 Å². The van der Waals surface area contributed by atoms with Crippen molar-refractivity contribution < 1.29 is 28.9 Å². The number of benzene rings is 1. The highest BCUT2D eigenvalue weighted by Crippen LogP contribution is 2.43. The number of aromatic nitrogens is 1. The van der Waals surface area contributed by atoms with Crippen LogP contribution in [0.3, 0.4) is 0 Å². The highest BCUT2D eigenvalue weighted by molar-refractivity contribution is 7.13. The minimum atomic E-state index is -1.19. The Kier molecular flexibility index (Phi) is 5.99. The molecule has 1 aromatic carbocycles. The second-order valence-electron chi connectivity index (χ2n) is 7.18. The molecule has 2 aromatic rings. The Morgan fingerprint density at radius 1 is 1.26 bits per heavy atom. The van der Waals surface area contributed by atoms with Crippen LogP contribution in [0.4, 0.5) is 5.13 Å². The Morgan fingerprint density at radius 3 is 2.68 bits per heavy atom. The van der Waals surface area contributed by atoms with E-state index in [9.17, 15) is 14.7 Å². The molecule has 1 spiro atoms. The zero-order valence-corrected chi connectivity index (χ0v) is 17.6. The quantitative estimate of drug-likeness (QED) is 0.522. The Hall–Kier alpha value is -3.27. The molecule has 1 fully saturated rings. The lowest BCUT2D eigenvalue weighted by Crippen LogP contribution is -2.44. The summed E-state index contributed by atoms with van der Waals surface area (Å²) in [4.78, 5) is 28.1. The van der Waals surface area contributed by atoms with Gasteiger partial charge in [0.2, 0.25) is 5.13 Å². The van der Waals surface area contributed by atoms with Gasteiger partial charge >= 0.3 is 17.9 Å². The molecule has 4 rings (SSSR count). The molecule has 0 radical (unpaired) electrons. The topological polar surface area (TPSA) is 120 Å². The molecule has 31 heavy (non-hydrogen) atoms. The molecule has 1 aliphatic carbocycles. The fraction of sp³-hybridized carbons (Fsp3) is 0.381. The Balaban J connectivity index is 1.42. The van der Waals surface area contributed by atoms with Crippen molar-refractivity contribution >= 4 is 28.4 Å². The van der Waals surface area contributed by atoms with Gasteiger partial charge in [-0.05, 0) is 31.2 Å². The van der Waals surface area contributed by atoms with Gasteiger partial charge in [0.25, 0.3) is 11.5 Å². The summed E-state index contributed by atoms with van der Waals surface area (Å²) in [5, 5.41) is 19.4. The maximum Gasteiger partial charge on any atom is 0.369 e. The van der Waals surface area contributed by atoms with Crippen LogP contribution < -0.4 is 0 Å². The zero-order chi connectivity index (χ0) is 21.8. The molecule has 1 N–H and O–H groups in total. The van der Waals surface area contributed by atoms with Crippen LogP contribution in [0.2, 0.25) is 0 Å². The molecule has 1 saturated carbocycles. The first kappa shape index (κ1) is 21.0. The van der Waals surface area contributed by atoms with Crippen molar-refractivity contribution in [1.29, 1.82) is 0 Å². The van der Waals surface area contributed by atoms with Crippen LogP contribution in [-0.2, 0) is 19.0 Å². The van der Waals surface area contributed by atoms with Crippen LogP contribution in [-0.4, -0.2) is 34.4 Å². The van der Waals surface area contributed by atoms with E-state index in [4.69, 9.17) is 14.2 Å². The summed E-state index contributed by atoms with van der Waals surface area (Å²) in [7, 11) is 0. The fourth-order valence-electron chi connectivity index (χ4n) is 3.66. The van der Waals surface area contributed by atoms with Crippen molar-refractivity contribution in [3.8, 4) is 0 Å². The number of aliphatic hydroxyl groups excluding tert-OH is 1. The highest BCUT2D eigenvalue weighted by Gasteiger charge is 2.47. The van der Waals surface area contributed by atoms with E-state index in [-0.39, 0.29) is 17.4 Å². The fourth-order valence-corrected chi connectivity index (χ4v) is 4.26. The number of ether oxygens (including phenoxy) is 3. The molecule has 0 atom stereocenters. The van der Waals surface area contributed by atoms with E-state index >= 15 is 0 Å². The molecule has 0 saturated heterocycles. The standard InChI is InChI=1S/C21H21N3O6S/c1-2-28-17(25)15-12-31-20(22-15)24-23-16-18(26)29-21(30-19(16)27)10-8-14(9-11-21)13-6-4-3-5-7-13/h3-7,12,14,26H,2,8-11H2,1H3. The number of rotatable bonds is 5. The van der Waals surface area contributed by atoms with Gasteiger partial charge < -0.3 is 19.3 Å². The summed E-state index contributed by atoms with van der Waals surface area (Å²) in [5.74, 6) is -2.85. The molecule has 1 aromatic heterocycles. The minimum Gasteiger partial charge on any atom is -0.479 e. The molecule has 1 aliphatic heterocycles. The van der Waals surface area contributed by atoms with E-state index in [1.165, 1.54) is 10.9 Å². The molecule has 0 unspecified atom stereocenters. The van der Waals surface area contributed by atoms with Crippen molar-refractivity contribution in [3.63, 3.8) is 0 Å². The van der Waals surface area contributed by atoms with E-state index in [0.29, 0.717) is 18.8 Å².